The third-order valence-corrected chi connectivity index (χ3v) is 6.26. The molecule has 1 fully saturated rings. The molecule has 4 aromatic rings. The monoisotopic (exact) mass is 591 g/mol. The normalized spacial score (nSPS) is 14.1. The molecule has 1 aliphatic heterocycles. The molecule has 200 valence electrons. The Morgan fingerprint density at radius 3 is 2.45 bits per heavy atom. The van der Waals surface area contributed by atoms with Gasteiger partial charge in [-0.05, 0) is 45.3 Å². The number of nitrogens with one attached hydrogen (secondary N) is 1. The molecular formula is C27H25BrF3N3O4. The number of ether oxygens (including phenoxy) is 2. The van der Waals surface area contributed by atoms with Gasteiger partial charge in [0, 0.05) is 41.3 Å². The van der Waals surface area contributed by atoms with Gasteiger partial charge in [-0.3, -0.25) is 4.90 Å². The minimum absolute atomic E-state index is 0.663. The molecule has 0 spiro atoms. The van der Waals surface area contributed by atoms with Crippen LogP contribution in [0.3, 0.4) is 0 Å². The lowest BCUT2D eigenvalue weighted by atomic mass is 9.99. The number of H-pyrrole nitrogens is 1. The number of benzene rings is 2. The Morgan fingerprint density at radius 2 is 1.76 bits per heavy atom. The van der Waals surface area contributed by atoms with Gasteiger partial charge in [-0.1, -0.05) is 42.5 Å². The maximum Gasteiger partial charge on any atom is 0.490 e. The number of aromatic amines is 1. The van der Waals surface area contributed by atoms with Crippen LogP contribution in [0, 0.1) is 0 Å². The highest BCUT2D eigenvalue weighted by Crippen LogP contribution is 2.39. The summed E-state index contributed by atoms with van der Waals surface area (Å²) >= 11 is 3.58. The highest BCUT2D eigenvalue weighted by Gasteiger charge is 2.38. The maximum absolute atomic E-state index is 10.6. The standard InChI is InChI=1S/C25H24BrN3O2.C2HF3O2/c26-20-16-22-23(24(28-25(22)27-17-20)18-5-2-1-3-6-18)19-7-4-8-21(15-19)31-14-11-29-9-12-30-13-10-29;3-2(4,5)1(6)7/h1-8,15-17H,9-14H2,(H,27,28);(H,6,7). The van der Waals surface area contributed by atoms with Crippen molar-refractivity contribution in [1.29, 1.82) is 0 Å². The predicted molar refractivity (Wildman–Crippen MR) is 141 cm³/mol. The number of pyridine rings is 1. The molecule has 38 heavy (non-hydrogen) atoms. The fraction of sp³-hybridized carbons (Fsp3) is 0.259. The van der Waals surface area contributed by atoms with Gasteiger partial charge in [0.15, 0.2) is 0 Å². The van der Waals surface area contributed by atoms with Crippen LogP contribution in [-0.2, 0) is 9.53 Å². The van der Waals surface area contributed by atoms with Gasteiger partial charge in [0.05, 0.1) is 18.9 Å². The first-order chi connectivity index (χ1) is 18.2. The first kappa shape index (κ1) is 27.6. The second kappa shape index (κ2) is 12.4. The van der Waals surface area contributed by atoms with Gasteiger partial charge in [-0.2, -0.15) is 13.2 Å². The van der Waals surface area contributed by atoms with Crippen LogP contribution in [0.4, 0.5) is 13.2 Å². The van der Waals surface area contributed by atoms with Crippen LogP contribution < -0.4 is 4.74 Å². The predicted octanol–water partition coefficient (Wildman–Crippen LogP) is 6.00. The molecule has 0 amide bonds. The largest absolute Gasteiger partial charge is 0.492 e. The number of hydrogen-bond donors (Lipinski definition) is 2. The number of carboxylic acids is 1. The average Bonchev–Trinajstić information content (AvgIpc) is 3.28. The molecule has 3 heterocycles. The van der Waals surface area contributed by atoms with E-state index in [1.807, 2.05) is 18.3 Å². The number of carboxylic acid groups (broad SMARTS) is 1. The number of aliphatic carboxylic acids is 1. The third kappa shape index (κ3) is 7.12. The summed E-state index contributed by atoms with van der Waals surface area (Å²) in [5.41, 5.74) is 5.30. The SMILES string of the molecule is Brc1cnc2[nH]c(-c3ccccc3)c(-c3cccc(OCCN4CCOCC4)c3)c2c1.O=C(O)C(F)(F)F. The van der Waals surface area contributed by atoms with Crippen molar-refractivity contribution in [2.45, 2.75) is 6.18 Å². The van der Waals surface area contributed by atoms with Gasteiger partial charge in [0.2, 0.25) is 0 Å². The first-order valence-corrected chi connectivity index (χ1v) is 12.6. The van der Waals surface area contributed by atoms with E-state index in [2.05, 4.69) is 79.3 Å². The van der Waals surface area contributed by atoms with E-state index in [4.69, 9.17) is 19.4 Å². The second-order valence-corrected chi connectivity index (χ2v) is 9.34. The lowest BCUT2D eigenvalue weighted by Gasteiger charge is -2.26. The zero-order valence-electron chi connectivity index (χ0n) is 20.2. The first-order valence-electron chi connectivity index (χ1n) is 11.8. The van der Waals surface area contributed by atoms with Gasteiger partial charge < -0.3 is 19.6 Å². The summed E-state index contributed by atoms with van der Waals surface area (Å²) in [5.74, 6) is -1.88. The van der Waals surface area contributed by atoms with Gasteiger partial charge in [0.25, 0.3) is 0 Å². The summed E-state index contributed by atoms with van der Waals surface area (Å²) in [6, 6.07) is 20.8. The number of hydrogen-bond acceptors (Lipinski definition) is 5. The van der Waals surface area contributed by atoms with Crippen molar-refractivity contribution in [1.82, 2.24) is 14.9 Å². The van der Waals surface area contributed by atoms with Crippen molar-refractivity contribution in [2.75, 3.05) is 39.5 Å². The fourth-order valence-electron chi connectivity index (χ4n) is 4.02. The molecule has 0 unspecified atom stereocenters. The molecule has 2 aromatic heterocycles. The Balaban J connectivity index is 0.000000426. The van der Waals surface area contributed by atoms with Crippen LogP contribution >= 0.6 is 15.9 Å². The van der Waals surface area contributed by atoms with Crippen molar-refractivity contribution in [3.8, 4) is 28.1 Å². The summed E-state index contributed by atoms with van der Waals surface area (Å²) in [6.45, 7) is 5.13. The fourth-order valence-corrected chi connectivity index (χ4v) is 4.36. The molecule has 0 saturated carbocycles. The van der Waals surface area contributed by atoms with Gasteiger partial charge >= 0.3 is 12.1 Å². The highest BCUT2D eigenvalue weighted by molar-refractivity contribution is 9.10. The Bertz CT molecular complexity index is 1370. The van der Waals surface area contributed by atoms with Crippen molar-refractivity contribution in [2.24, 2.45) is 0 Å². The lowest BCUT2D eigenvalue weighted by Crippen LogP contribution is -2.38. The molecule has 1 saturated heterocycles. The molecule has 11 heteroatoms. The number of rotatable bonds is 6. The molecule has 0 aliphatic carbocycles. The van der Waals surface area contributed by atoms with E-state index in [9.17, 15) is 13.2 Å². The Hall–Kier alpha value is -3.41. The topological polar surface area (TPSA) is 87.7 Å². The summed E-state index contributed by atoms with van der Waals surface area (Å²) < 4.78 is 44.2. The van der Waals surface area contributed by atoms with E-state index in [1.165, 1.54) is 0 Å². The zero-order chi connectivity index (χ0) is 27.1. The van der Waals surface area contributed by atoms with Gasteiger partial charge in [-0.25, -0.2) is 9.78 Å². The van der Waals surface area contributed by atoms with E-state index >= 15 is 0 Å². The second-order valence-electron chi connectivity index (χ2n) is 8.42. The molecule has 5 rings (SSSR count). The number of carbonyl (C=O) groups is 1. The summed E-state index contributed by atoms with van der Waals surface area (Å²) in [4.78, 5) is 19.4. The molecule has 2 N–H and O–H groups in total. The van der Waals surface area contributed by atoms with Gasteiger partial charge in [-0.15, -0.1) is 0 Å². The highest BCUT2D eigenvalue weighted by atomic mass is 79.9. The van der Waals surface area contributed by atoms with Crippen molar-refractivity contribution >= 4 is 32.9 Å². The third-order valence-electron chi connectivity index (χ3n) is 5.82. The Labute approximate surface area is 225 Å². The van der Waals surface area contributed by atoms with Crippen LogP contribution in [0.15, 0.2) is 71.3 Å². The van der Waals surface area contributed by atoms with E-state index in [-0.39, 0.29) is 0 Å². The summed E-state index contributed by atoms with van der Waals surface area (Å²) in [5, 5.41) is 8.21. The van der Waals surface area contributed by atoms with Crippen molar-refractivity contribution < 1.29 is 32.5 Å². The van der Waals surface area contributed by atoms with Crippen LogP contribution in [0.5, 0.6) is 5.75 Å². The number of fused-ring (bicyclic) bond motifs is 1. The Morgan fingerprint density at radius 1 is 1.08 bits per heavy atom. The molecular weight excluding hydrogens is 567 g/mol. The summed E-state index contributed by atoms with van der Waals surface area (Å²) in [7, 11) is 0. The number of nitrogens with zero attached hydrogens (tertiary/aromatic N) is 2. The van der Waals surface area contributed by atoms with Crippen LogP contribution in [-0.4, -0.2) is 71.6 Å². The Kier molecular flexibility index (Phi) is 9.03. The van der Waals surface area contributed by atoms with E-state index in [1.54, 1.807) is 0 Å². The molecule has 0 bridgehead atoms. The van der Waals surface area contributed by atoms with E-state index < -0.39 is 12.1 Å². The quantitative estimate of drug-likeness (QED) is 0.286. The molecule has 0 radical (unpaired) electrons. The number of halogens is 4. The van der Waals surface area contributed by atoms with Crippen LogP contribution in [0.1, 0.15) is 0 Å². The molecule has 7 nitrogen and oxygen atoms in total. The van der Waals surface area contributed by atoms with Gasteiger partial charge in [0.1, 0.15) is 18.0 Å². The van der Waals surface area contributed by atoms with Crippen molar-refractivity contribution in [3.63, 3.8) is 0 Å². The lowest BCUT2D eigenvalue weighted by molar-refractivity contribution is -0.192. The smallest absolute Gasteiger partial charge is 0.490 e. The number of alkyl halides is 3. The molecule has 0 atom stereocenters. The van der Waals surface area contributed by atoms with Crippen LogP contribution in [0.2, 0.25) is 0 Å². The van der Waals surface area contributed by atoms with E-state index in [0.717, 1.165) is 76.5 Å². The molecule has 2 aromatic carbocycles. The van der Waals surface area contributed by atoms with Crippen LogP contribution in [0.25, 0.3) is 33.4 Å². The van der Waals surface area contributed by atoms with E-state index in [0.29, 0.717) is 6.61 Å². The number of aromatic nitrogens is 2. The van der Waals surface area contributed by atoms with Crippen molar-refractivity contribution in [3.05, 3.63) is 71.3 Å². The minimum atomic E-state index is -5.08. The molecule has 1 aliphatic rings. The zero-order valence-corrected chi connectivity index (χ0v) is 21.8. The number of morpholine rings is 1. The summed E-state index contributed by atoms with van der Waals surface area (Å²) in [6.07, 6.45) is -3.26. The minimum Gasteiger partial charge on any atom is -0.492 e. The average molecular weight is 592 g/mol. The maximum atomic E-state index is 10.6.